The quantitative estimate of drug-likeness (QED) is 0.411. The van der Waals surface area contributed by atoms with E-state index in [9.17, 15) is 18.7 Å². The minimum atomic E-state index is -3.76. The van der Waals surface area contributed by atoms with E-state index in [0.717, 1.165) is 31.2 Å². The molecule has 10 heteroatoms. The predicted molar refractivity (Wildman–Crippen MR) is 140 cm³/mol. The first-order valence-electron chi connectivity index (χ1n) is 12.5. The first-order valence-corrected chi connectivity index (χ1v) is 12.5. The monoisotopic (exact) mass is 530 g/mol. The van der Waals surface area contributed by atoms with Gasteiger partial charge in [0.25, 0.3) is 0 Å². The number of methoxy groups -OCH3 is 1. The molecule has 1 amide bonds. The topological polar surface area (TPSA) is 87.6 Å². The molecule has 3 aromatic rings. The number of amides is 1. The second-order valence-electron chi connectivity index (χ2n) is 10.7. The number of carbonyl (C=O) groups excluding carboxylic acids is 1. The number of halogens is 3. The van der Waals surface area contributed by atoms with Crippen LogP contribution in [0.2, 0.25) is 0 Å². The molecule has 204 valence electrons. The average Bonchev–Trinajstić information content (AvgIpc) is 3.01. The van der Waals surface area contributed by atoms with Crippen LogP contribution >= 0.6 is 0 Å². The van der Waals surface area contributed by atoms with Crippen LogP contribution in [-0.2, 0) is 27.3 Å². The standard InChI is InChI=1S/C28H33F3N4O3/c1-16-33-21-15-20-22(35(12-13-38-6)25(36)26(20,2)3)14-18(21)24(34-16)32-11-10-17-8-7-9-19(23(17)29)28(30,31)27(4,5)37/h7-9,14-15,37H,10-13H2,1-6H3,(H,32,33,34). The van der Waals surface area contributed by atoms with E-state index >= 15 is 4.39 Å². The van der Waals surface area contributed by atoms with E-state index in [0.29, 0.717) is 35.7 Å². The van der Waals surface area contributed by atoms with Crippen molar-refractivity contribution in [3.63, 3.8) is 0 Å². The summed E-state index contributed by atoms with van der Waals surface area (Å²) in [6.45, 7) is 8.39. The van der Waals surface area contributed by atoms with Gasteiger partial charge in [-0.25, -0.2) is 14.4 Å². The molecule has 0 bridgehead atoms. The van der Waals surface area contributed by atoms with Crippen molar-refractivity contribution in [2.24, 2.45) is 0 Å². The largest absolute Gasteiger partial charge is 0.384 e. The van der Waals surface area contributed by atoms with Gasteiger partial charge < -0.3 is 20.1 Å². The van der Waals surface area contributed by atoms with Crippen LogP contribution in [0.5, 0.6) is 0 Å². The van der Waals surface area contributed by atoms with Crippen molar-refractivity contribution in [1.82, 2.24) is 9.97 Å². The van der Waals surface area contributed by atoms with E-state index in [1.54, 1.807) is 18.9 Å². The van der Waals surface area contributed by atoms with E-state index in [-0.39, 0.29) is 24.4 Å². The Hall–Kier alpha value is -3.24. The molecule has 4 rings (SSSR count). The molecule has 2 heterocycles. The van der Waals surface area contributed by atoms with E-state index in [4.69, 9.17) is 4.74 Å². The summed E-state index contributed by atoms with van der Waals surface area (Å²) >= 11 is 0. The molecule has 0 aliphatic carbocycles. The summed E-state index contributed by atoms with van der Waals surface area (Å²) in [6.07, 6.45) is 0.0998. The molecule has 38 heavy (non-hydrogen) atoms. The number of carbonyl (C=O) groups is 1. The number of fused-ring (bicyclic) bond motifs is 2. The van der Waals surface area contributed by atoms with Crippen molar-refractivity contribution in [2.75, 3.05) is 37.0 Å². The van der Waals surface area contributed by atoms with Gasteiger partial charge in [-0.1, -0.05) is 12.1 Å². The number of aromatic nitrogens is 2. The first kappa shape index (κ1) is 27.8. The molecule has 1 aliphatic rings. The Labute approximate surface area is 220 Å². The molecule has 2 aromatic carbocycles. The fourth-order valence-electron chi connectivity index (χ4n) is 4.77. The van der Waals surface area contributed by atoms with Gasteiger partial charge in [0.15, 0.2) is 0 Å². The second-order valence-corrected chi connectivity index (χ2v) is 10.7. The van der Waals surface area contributed by atoms with Crippen molar-refractivity contribution in [3.8, 4) is 0 Å². The van der Waals surface area contributed by atoms with Crippen LogP contribution in [-0.4, -0.2) is 53.4 Å². The zero-order valence-electron chi connectivity index (χ0n) is 22.5. The smallest absolute Gasteiger partial charge is 0.303 e. The molecule has 0 saturated heterocycles. The summed E-state index contributed by atoms with van der Waals surface area (Å²) in [5.41, 5.74) is -1.62. The lowest BCUT2D eigenvalue weighted by Gasteiger charge is -2.30. The summed E-state index contributed by atoms with van der Waals surface area (Å²) in [5.74, 6) is -3.83. The Morgan fingerprint density at radius 1 is 1.18 bits per heavy atom. The lowest BCUT2D eigenvalue weighted by molar-refractivity contribution is -0.170. The van der Waals surface area contributed by atoms with Crippen LogP contribution in [0.1, 0.15) is 50.2 Å². The number of hydrogen-bond acceptors (Lipinski definition) is 6. The highest BCUT2D eigenvalue weighted by Crippen LogP contribution is 2.44. The van der Waals surface area contributed by atoms with Gasteiger partial charge in [-0.2, -0.15) is 8.78 Å². The molecular weight excluding hydrogens is 497 g/mol. The van der Waals surface area contributed by atoms with Crippen LogP contribution < -0.4 is 10.2 Å². The van der Waals surface area contributed by atoms with Crippen molar-refractivity contribution < 1.29 is 27.8 Å². The Morgan fingerprint density at radius 2 is 1.89 bits per heavy atom. The van der Waals surface area contributed by atoms with Crippen LogP contribution in [0.3, 0.4) is 0 Å². The third-order valence-corrected chi connectivity index (χ3v) is 7.06. The fourth-order valence-corrected chi connectivity index (χ4v) is 4.77. The van der Waals surface area contributed by atoms with Gasteiger partial charge in [0, 0.05) is 31.3 Å². The minimum Gasteiger partial charge on any atom is -0.384 e. The Bertz CT molecular complexity index is 1390. The normalized spacial score (nSPS) is 15.3. The lowest BCUT2D eigenvalue weighted by atomic mass is 9.85. The third-order valence-electron chi connectivity index (χ3n) is 7.06. The molecule has 2 N–H and O–H groups in total. The molecule has 0 saturated carbocycles. The zero-order chi connectivity index (χ0) is 28.0. The number of nitrogens with one attached hydrogen (secondary N) is 1. The number of rotatable bonds is 9. The molecule has 0 spiro atoms. The fraction of sp³-hybridized carbons (Fsp3) is 0.464. The third kappa shape index (κ3) is 4.71. The van der Waals surface area contributed by atoms with Crippen molar-refractivity contribution in [1.29, 1.82) is 0 Å². The maximum Gasteiger partial charge on any atom is 0.303 e. The molecule has 0 radical (unpaired) electrons. The van der Waals surface area contributed by atoms with Gasteiger partial charge in [-0.05, 0) is 70.4 Å². The molecule has 0 fully saturated rings. The van der Waals surface area contributed by atoms with E-state index < -0.39 is 28.3 Å². The highest BCUT2D eigenvalue weighted by Gasteiger charge is 2.49. The molecule has 1 aromatic heterocycles. The summed E-state index contributed by atoms with van der Waals surface area (Å²) < 4.78 is 49.5. The number of nitrogens with zero attached hydrogens (tertiary/aromatic N) is 3. The molecule has 1 aliphatic heterocycles. The molecule has 0 unspecified atom stereocenters. The van der Waals surface area contributed by atoms with Crippen molar-refractivity contribution >= 4 is 28.3 Å². The number of benzene rings is 2. The molecule has 0 atom stereocenters. The average molecular weight is 531 g/mol. The Kier molecular flexibility index (Phi) is 7.18. The summed E-state index contributed by atoms with van der Waals surface area (Å²) in [4.78, 5) is 23.9. The minimum absolute atomic E-state index is 0.0303. The van der Waals surface area contributed by atoms with Gasteiger partial charge in [-0.3, -0.25) is 4.79 Å². The first-order chi connectivity index (χ1) is 17.7. The molecular formula is C28H33F3N4O3. The lowest BCUT2D eigenvalue weighted by Crippen LogP contribution is -2.41. The van der Waals surface area contributed by atoms with Crippen molar-refractivity contribution in [2.45, 2.75) is 58.0 Å². The van der Waals surface area contributed by atoms with E-state index in [1.807, 2.05) is 26.0 Å². The maximum atomic E-state index is 15.1. The summed E-state index contributed by atoms with van der Waals surface area (Å²) in [5, 5.41) is 13.7. The van der Waals surface area contributed by atoms with Gasteiger partial charge >= 0.3 is 5.92 Å². The van der Waals surface area contributed by atoms with Crippen molar-refractivity contribution in [3.05, 3.63) is 58.7 Å². The van der Waals surface area contributed by atoms with E-state index in [2.05, 4.69) is 15.3 Å². The highest BCUT2D eigenvalue weighted by molar-refractivity contribution is 6.10. The van der Waals surface area contributed by atoms with Gasteiger partial charge in [0.05, 0.1) is 23.1 Å². The summed E-state index contributed by atoms with van der Waals surface area (Å²) in [7, 11) is 1.58. The number of hydrogen-bond donors (Lipinski definition) is 2. The van der Waals surface area contributed by atoms with E-state index in [1.165, 1.54) is 12.1 Å². The number of aliphatic hydroxyl groups is 1. The van der Waals surface area contributed by atoms with Crippen LogP contribution in [0, 0.1) is 12.7 Å². The van der Waals surface area contributed by atoms with Gasteiger partial charge in [0.2, 0.25) is 5.91 Å². The molecule has 7 nitrogen and oxygen atoms in total. The summed E-state index contributed by atoms with van der Waals surface area (Å²) in [6, 6.07) is 7.56. The number of ether oxygens (including phenoxy) is 1. The van der Waals surface area contributed by atoms with Crippen LogP contribution in [0.4, 0.5) is 24.7 Å². The second kappa shape index (κ2) is 9.81. The maximum absolute atomic E-state index is 15.1. The van der Waals surface area contributed by atoms with Crippen LogP contribution in [0.15, 0.2) is 30.3 Å². The number of aryl methyl sites for hydroxylation is 1. The van der Waals surface area contributed by atoms with Gasteiger partial charge in [0.1, 0.15) is 23.1 Å². The highest BCUT2D eigenvalue weighted by atomic mass is 19.3. The van der Waals surface area contributed by atoms with Crippen LogP contribution in [0.25, 0.3) is 10.9 Å². The Balaban J connectivity index is 1.65. The number of alkyl halides is 2. The van der Waals surface area contributed by atoms with Gasteiger partial charge in [-0.15, -0.1) is 0 Å². The predicted octanol–water partition coefficient (Wildman–Crippen LogP) is 4.87. The SMILES string of the molecule is COCCN1C(=O)C(C)(C)c2cc3nc(C)nc(NCCc4cccc(C(F)(F)C(C)(C)O)c4F)c3cc21. The zero-order valence-corrected chi connectivity index (χ0v) is 22.5. The Morgan fingerprint density at radius 3 is 2.55 bits per heavy atom. The number of anilines is 2.